The SMILES string of the molecule is Cc1c(N)cc(C(=O)O)cc1N1CCNCC1. The van der Waals surface area contributed by atoms with Crippen molar-refractivity contribution in [3.8, 4) is 0 Å². The van der Waals surface area contributed by atoms with Crippen molar-refractivity contribution in [1.29, 1.82) is 0 Å². The molecule has 0 unspecified atom stereocenters. The van der Waals surface area contributed by atoms with Gasteiger partial charge in [0.25, 0.3) is 0 Å². The topological polar surface area (TPSA) is 78.6 Å². The fourth-order valence-corrected chi connectivity index (χ4v) is 2.08. The largest absolute Gasteiger partial charge is 0.478 e. The quantitative estimate of drug-likeness (QED) is 0.657. The molecule has 1 heterocycles. The molecule has 0 atom stereocenters. The highest BCUT2D eigenvalue weighted by atomic mass is 16.4. The molecule has 0 spiro atoms. The minimum atomic E-state index is -0.937. The van der Waals surface area contributed by atoms with Gasteiger partial charge in [-0.2, -0.15) is 0 Å². The molecule has 2 rings (SSSR count). The van der Waals surface area contributed by atoms with Crippen molar-refractivity contribution < 1.29 is 9.90 Å². The molecule has 5 nitrogen and oxygen atoms in total. The van der Waals surface area contributed by atoms with Crippen LogP contribution in [-0.4, -0.2) is 37.3 Å². The maximum atomic E-state index is 11.0. The van der Waals surface area contributed by atoms with Crippen LogP contribution >= 0.6 is 0 Å². The minimum Gasteiger partial charge on any atom is -0.478 e. The Labute approximate surface area is 100 Å². The third kappa shape index (κ3) is 2.34. The van der Waals surface area contributed by atoms with Crippen molar-refractivity contribution >= 4 is 17.3 Å². The van der Waals surface area contributed by atoms with Gasteiger partial charge >= 0.3 is 5.97 Å². The van der Waals surface area contributed by atoms with Crippen molar-refractivity contribution in [2.45, 2.75) is 6.92 Å². The van der Waals surface area contributed by atoms with E-state index < -0.39 is 5.97 Å². The second kappa shape index (κ2) is 4.63. The van der Waals surface area contributed by atoms with Gasteiger partial charge in [0.05, 0.1) is 5.56 Å². The van der Waals surface area contributed by atoms with E-state index in [1.54, 1.807) is 6.07 Å². The van der Waals surface area contributed by atoms with Crippen molar-refractivity contribution in [2.24, 2.45) is 0 Å². The number of carboxylic acids is 1. The Bertz CT molecular complexity index is 440. The highest BCUT2D eigenvalue weighted by molar-refractivity contribution is 5.91. The summed E-state index contributed by atoms with van der Waals surface area (Å²) in [5.41, 5.74) is 8.54. The fourth-order valence-electron chi connectivity index (χ4n) is 2.08. The molecule has 1 aromatic rings. The number of piperazine rings is 1. The Kier molecular flexibility index (Phi) is 3.19. The van der Waals surface area contributed by atoms with Gasteiger partial charge in [0.2, 0.25) is 0 Å². The molecule has 17 heavy (non-hydrogen) atoms. The van der Waals surface area contributed by atoms with Gasteiger partial charge in [0, 0.05) is 37.6 Å². The number of nitrogens with two attached hydrogens (primary N) is 1. The number of carboxylic acid groups (broad SMARTS) is 1. The molecule has 0 aromatic heterocycles. The van der Waals surface area contributed by atoms with Gasteiger partial charge in [-0.15, -0.1) is 0 Å². The summed E-state index contributed by atoms with van der Waals surface area (Å²) >= 11 is 0. The smallest absolute Gasteiger partial charge is 0.335 e. The first kappa shape index (κ1) is 11.7. The first-order valence-electron chi connectivity index (χ1n) is 5.68. The summed E-state index contributed by atoms with van der Waals surface area (Å²) in [6.45, 7) is 5.51. The maximum Gasteiger partial charge on any atom is 0.335 e. The van der Waals surface area contributed by atoms with E-state index in [9.17, 15) is 4.79 Å². The van der Waals surface area contributed by atoms with Gasteiger partial charge in [-0.05, 0) is 24.6 Å². The summed E-state index contributed by atoms with van der Waals surface area (Å²) in [5, 5.41) is 12.3. The Morgan fingerprint density at radius 1 is 1.41 bits per heavy atom. The lowest BCUT2D eigenvalue weighted by Gasteiger charge is -2.31. The number of hydrogen-bond acceptors (Lipinski definition) is 4. The van der Waals surface area contributed by atoms with Crippen LogP contribution in [0.3, 0.4) is 0 Å². The molecule has 1 aliphatic heterocycles. The van der Waals surface area contributed by atoms with Crippen LogP contribution < -0.4 is 16.0 Å². The van der Waals surface area contributed by atoms with Crippen LogP contribution in [0.2, 0.25) is 0 Å². The normalized spacial score (nSPS) is 15.9. The number of nitrogens with one attached hydrogen (secondary N) is 1. The number of anilines is 2. The predicted molar refractivity (Wildman–Crippen MR) is 67.6 cm³/mol. The van der Waals surface area contributed by atoms with Crippen LogP contribution in [0.15, 0.2) is 12.1 Å². The summed E-state index contributed by atoms with van der Waals surface area (Å²) in [7, 11) is 0. The van der Waals surface area contributed by atoms with Gasteiger partial charge < -0.3 is 21.1 Å². The Hall–Kier alpha value is -1.75. The van der Waals surface area contributed by atoms with Crippen LogP contribution in [-0.2, 0) is 0 Å². The third-order valence-corrected chi connectivity index (χ3v) is 3.13. The summed E-state index contributed by atoms with van der Waals surface area (Å²) in [6.07, 6.45) is 0. The van der Waals surface area contributed by atoms with E-state index in [2.05, 4.69) is 10.2 Å². The van der Waals surface area contributed by atoms with Gasteiger partial charge in [0.15, 0.2) is 0 Å². The number of nitrogen functional groups attached to an aromatic ring is 1. The monoisotopic (exact) mass is 235 g/mol. The van der Waals surface area contributed by atoms with Gasteiger partial charge in [-0.3, -0.25) is 0 Å². The minimum absolute atomic E-state index is 0.252. The van der Waals surface area contributed by atoms with E-state index in [1.165, 1.54) is 6.07 Å². The molecule has 0 radical (unpaired) electrons. The van der Waals surface area contributed by atoms with Gasteiger partial charge in [-0.25, -0.2) is 4.79 Å². The Morgan fingerprint density at radius 2 is 2.06 bits per heavy atom. The number of rotatable bonds is 2. The summed E-state index contributed by atoms with van der Waals surface area (Å²) < 4.78 is 0. The molecule has 0 bridgehead atoms. The van der Waals surface area contributed by atoms with Gasteiger partial charge in [-0.1, -0.05) is 0 Å². The lowest BCUT2D eigenvalue weighted by molar-refractivity contribution is 0.0697. The first-order valence-corrected chi connectivity index (χ1v) is 5.68. The molecule has 0 aliphatic carbocycles. The number of hydrogen-bond donors (Lipinski definition) is 3. The second-order valence-corrected chi connectivity index (χ2v) is 4.25. The third-order valence-electron chi connectivity index (χ3n) is 3.13. The first-order chi connectivity index (χ1) is 8.09. The van der Waals surface area contributed by atoms with Crippen molar-refractivity contribution in [3.05, 3.63) is 23.3 Å². The highest BCUT2D eigenvalue weighted by Gasteiger charge is 2.16. The van der Waals surface area contributed by atoms with E-state index in [0.717, 1.165) is 37.4 Å². The van der Waals surface area contributed by atoms with Crippen LogP contribution in [0.5, 0.6) is 0 Å². The van der Waals surface area contributed by atoms with Crippen molar-refractivity contribution in [1.82, 2.24) is 5.32 Å². The lowest BCUT2D eigenvalue weighted by Crippen LogP contribution is -2.43. The Morgan fingerprint density at radius 3 is 2.65 bits per heavy atom. The van der Waals surface area contributed by atoms with E-state index in [0.29, 0.717) is 5.69 Å². The molecule has 0 saturated carbocycles. The number of carbonyl (C=O) groups is 1. The zero-order valence-corrected chi connectivity index (χ0v) is 9.86. The molecule has 4 N–H and O–H groups in total. The average Bonchev–Trinajstić information content (AvgIpc) is 2.33. The van der Waals surface area contributed by atoms with Crippen LogP contribution in [0.25, 0.3) is 0 Å². The predicted octanol–water partition coefficient (Wildman–Crippen LogP) is 0.685. The molecule has 1 aromatic carbocycles. The molecule has 1 aliphatic rings. The summed E-state index contributed by atoms with van der Waals surface area (Å²) in [6, 6.07) is 3.22. The van der Waals surface area contributed by atoms with Crippen LogP contribution in [0.4, 0.5) is 11.4 Å². The number of aromatic carboxylic acids is 1. The van der Waals surface area contributed by atoms with Gasteiger partial charge in [0.1, 0.15) is 0 Å². The van der Waals surface area contributed by atoms with Crippen molar-refractivity contribution in [2.75, 3.05) is 36.8 Å². The molecule has 0 amide bonds. The molecular weight excluding hydrogens is 218 g/mol. The molecule has 1 saturated heterocycles. The van der Waals surface area contributed by atoms with E-state index >= 15 is 0 Å². The maximum absolute atomic E-state index is 11.0. The summed E-state index contributed by atoms with van der Waals surface area (Å²) in [4.78, 5) is 13.2. The Balaban J connectivity index is 2.40. The standard InChI is InChI=1S/C12H17N3O2/c1-8-10(13)6-9(12(16)17)7-11(8)15-4-2-14-3-5-15/h6-7,14H,2-5,13H2,1H3,(H,16,17). The summed E-state index contributed by atoms with van der Waals surface area (Å²) in [5.74, 6) is -0.937. The number of benzene rings is 1. The van der Waals surface area contributed by atoms with Crippen molar-refractivity contribution in [3.63, 3.8) is 0 Å². The zero-order valence-electron chi connectivity index (χ0n) is 9.86. The molecule has 5 heteroatoms. The van der Waals surface area contributed by atoms with Crippen LogP contribution in [0.1, 0.15) is 15.9 Å². The molecule has 1 fully saturated rings. The highest BCUT2D eigenvalue weighted by Crippen LogP contribution is 2.27. The average molecular weight is 235 g/mol. The zero-order chi connectivity index (χ0) is 12.4. The fraction of sp³-hybridized carbons (Fsp3) is 0.417. The van der Waals surface area contributed by atoms with E-state index in [4.69, 9.17) is 10.8 Å². The number of nitrogens with zero attached hydrogens (tertiary/aromatic N) is 1. The van der Waals surface area contributed by atoms with E-state index in [-0.39, 0.29) is 5.56 Å². The van der Waals surface area contributed by atoms with E-state index in [1.807, 2.05) is 6.92 Å². The lowest BCUT2D eigenvalue weighted by atomic mass is 10.1. The van der Waals surface area contributed by atoms with Crippen LogP contribution in [0, 0.1) is 6.92 Å². The second-order valence-electron chi connectivity index (χ2n) is 4.25. The molecular formula is C12H17N3O2. The molecule has 92 valence electrons.